The fourth-order valence-electron chi connectivity index (χ4n) is 4.90. The van der Waals surface area contributed by atoms with Crippen LogP contribution in [0.3, 0.4) is 0 Å². The van der Waals surface area contributed by atoms with Crippen molar-refractivity contribution in [3.63, 3.8) is 0 Å². The second-order valence-corrected chi connectivity index (χ2v) is 12.6. The summed E-state index contributed by atoms with van der Waals surface area (Å²) in [7, 11) is -2.88. The van der Waals surface area contributed by atoms with E-state index >= 15 is 0 Å². The van der Waals surface area contributed by atoms with E-state index in [1.165, 1.54) is 24.1 Å². The number of anilines is 1. The number of hydrogen-bond donors (Lipinski definition) is 1. The molecule has 0 heterocycles. The molecule has 41 heavy (non-hydrogen) atoms. The first-order chi connectivity index (χ1) is 19.4. The van der Waals surface area contributed by atoms with Gasteiger partial charge in [0.25, 0.3) is 5.69 Å². The molecular formula is C27H34Cl2N4O7S. The number of amides is 2. The maximum absolute atomic E-state index is 14.0. The third kappa shape index (κ3) is 8.23. The normalized spacial score (nSPS) is 14.7. The molecule has 1 N–H and O–H groups in total. The number of nitro groups is 1. The van der Waals surface area contributed by atoms with Crippen LogP contribution in [0.25, 0.3) is 0 Å². The molecular weight excluding hydrogens is 595 g/mol. The molecule has 0 aliphatic heterocycles. The lowest BCUT2D eigenvalue weighted by atomic mass is 9.95. The van der Waals surface area contributed by atoms with Crippen LogP contribution < -0.4 is 14.4 Å². The summed E-state index contributed by atoms with van der Waals surface area (Å²) in [6.07, 6.45) is 5.86. The number of carbonyl (C=O) groups excluding carboxylic acids is 2. The largest absolute Gasteiger partial charge is 0.495 e. The SMILES string of the molecule is CC[C@@H](C(=O)NC1CCCCC1)N(Cc1c(Cl)cccc1Cl)C(=O)CN(c1cc([N+](=O)[O-])ccc1OC)S(C)(=O)=O. The molecule has 0 radical (unpaired) electrons. The van der Waals surface area contributed by atoms with Gasteiger partial charge in [0.1, 0.15) is 24.0 Å². The first kappa shape index (κ1) is 32.4. The van der Waals surface area contributed by atoms with Crippen LogP contribution in [0.15, 0.2) is 36.4 Å². The van der Waals surface area contributed by atoms with Gasteiger partial charge in [-0.25, -0.2) is 8.42 Å². The van der Waals surface area contributed by atoms with E-state index in [0.29, 0.717) is 5.56 Å². The van der Waals surface area contributed by atoms with Gasteiger partial charge in [0.2, 0.25) is 21.8 Å². The quantitative estimate of drug-likeness (QED) is 0.259. The van der Waals surface area contributed by atoms with Crippen molar-refractivity contribution in [1.29, 1.82) is 0 Å². The number of non-ortho nitro benzene ring substituents is 1. The highest BCUT2D eigenvalue weighted by molar-refractivity contribution is 7.92. The van der Waals surface area contributed by atoms with Gasteiger partial charge in [-0.05, 0) is 37.5 Å². The molecule has 0 spiro atoms. The first-order valence-corrected chi connectivity index (χ1v) is 15.8. The molecule has 1 saturated carbocycles. The van der Waals surface area contributed by atoms with Crippen LogP contribution in [0.2, 0.25) is 10.0 Å². The van der Waals surface area contributed by atoms with Gasteiger partial charge in [0.05, 0.1) is 18.3 Å². The Hall–Kier alpha value is -3.09. The zero-order valence-electron chi connectivity index (χ0n) is 23.1. The Morgan fingerprint density at radius 3 is 2.32 bits per heavy atom. The van der Waals surface area contributed by atoms with Crippen LogP contribution in [0.4, 0.5) is 11.4 Å². The zero-order valence-corrected chi connectivity index (χ0v) is 25.5. The molecule has 224 valence electrons. The molecule has 0 unspecified atom stereocenters. The number of nitrogens with one attached hydrogen (secondary N) is 1. The molecule has 0 bridgehead atoms. The summed E-state index contributed by atoms with van der Waals surface area (Å²) >= 11 is 12.8. The minimum atomic E-state index is -4.16. The molecule has 14 heteroatoms. The van der Waals surface area contributed by atoms with E-state index in [2.05, 4.69) is 5.32 Å². The second kappa shape index (κ2) is 14.2. The van der Waals surface area contributed by atoms with Gasteiger partial charge in [-0.15, -0.1) is 0 Å². The molecule has 2 aromatic rings. The third-order valence-corrected chi connectivity index (χ3v) is 8.88. The number of nitrogens with zero attached hydrogens (tertiary/aromatic N) is 3. The summed E-state index contributed by atoms with van der Waals surface area (Å²) in [6.45, 7) is 0.820. The topological polar surface area (TPSA) is 139 Å². The van der Waals surface area contributed by atoms with Crippen molar-refractivity contribution in [3.05, 3.63) is 62.1 Å². The molecule has 1 aliphatic rings. The zero-order chi connectivity index (χ0) is 30.3. The standard InChI is InChI=1S/C27H34Cl2N4O7S/c1-4-23(27(35)30-18-9-6-5-7-10-18)31(16-20-21(28)11-8-12-22(20)29)26(34)17-32(41(3,38)39)24-15-19(33(36)37)13-14-25(24)40-2/h8,11-15,18,23H,4-7,9-10,16-17H2,1-3H3,(H,30,35)/t23-/m0/s1. The number of methoxy groups -OCH3 is 1. The summed E-state index contributed by atoms with van der Waals surface area (Å²) in [5, 5.41) is 15.0. The number of nitro benzene ring substituents is 1. The van der Waals surface area contributed by atoms with Crippen molar-refractivity contribution in [3.8, 4) is 5.75 Å². The Bertz CT molecular complexity index is 1360. The van der Waals surface area contributed by atoms with Gasteiger partial charge in [-0.1, -0.05) is 55.5 Å². The molecule has 11 nitrogen and oxygen atoms in total. The second-order valence-electron chi connectivity index (χ2n) is 9.87. The van der Waals surface area contributed by atoms with Crippen molar-refractivity contribution in [2.75, 3.05) is 24.2 Å². The van der Waals surface area contributed by atoms with Gasteiger partial charge in [0.15, 0.2) is 0 Å². The highest BCUT2D eigenvalue weighted by atomic mass is 35.5. The van der Waals surface area contributed by atoms with Crippen LogP contribution in [0.5, 0.6) is 5.75 Å². The Kier molecular flexibility index (Phi) is 11.2. The number of halogens is 2. The van der Waals surface area contributed by atoms with E-state index in [-0.39, 0.29) is 52.1 Å². The van der Waals surface area contributed by atoms with Crippen molar-refractivity contribution in [2.24, 2.45) is 0 Å². The van der Waals surface area contributed by atoms with Crippen molar-refractivity contribution < 1.29 is 27.7 Å². The van der Waals surface area contributed by atoms with Crippen molar-refractivity contribution in [1.82, 2.24) is 10.2 Å². The maximum Gasteiger partial charge on any atom is 0.271 e. The number of sulfonamides is 1. The van der Waals surface area contributed by atoms with Crippen LogP contribution in [0.1, 0.15) is 51.0 Å². The summed E-state index contributed by atoms with van der Waals surface area (Å²) in [5.74, 6) is -1.09. The van der Waals surface area contributed by atoms with E-state index in [4.69, 9.17) is 27.9 Å². The van der Waals surface area contributed by atoms with Gasteiger partial charge in [0, 0.05) is 40.3 Å². The summed E-state index contributed by atoms with van der Waals surface area (Å²) < 4.78 is 31.9. The lowest BCUT2D eigenvalue weighted by Gasteiger charge is -2.34. The van der Waals surface area contributed by atoms with Crippen LogP contribution in [-0.2, 0) is 26.2 Å². The molecule has 2 amide bonds. The van der Waals surface area contributed by atoms with Crippen molar-refractivity contribution in [2.45, 2.75) is 64.1 Å². The summed E-state index contributed by atoms with van der Waals surface area (Å²) in [6, 6.07) is 7.31. The third-order valence-electron chi connectivity index (χ3n) is 7.05. The minimum Gasteiger partial charge on any atom is -0.495 e. The van der Waals surface area contributed by atoms with Crippen molar-refractivity contribution >= 4 is 56.4 Å². The Morgan fingerprint density at radius 1 is 1.15 bits per heavy atom. The van der Waals surface area contributed by atoms with Gasteiger partial charge in [-0.2, -0.15) is 0 Å². The molecule has 2 aromatic carbocycles. The smallest absolute Gasteiger partial charge is 0.271 e. The lowest BCUT2D eigenvalue weighted by Crippen LogP contribution is -2.54. The fraction of sp³-hybridized carbons (Fsp3) is 0.481. The Balaban J connectivity index is 2.04. The lowest BCUT2D eigenvalue weighted by molar-refractivity contribution is -0.384. The molecule has 0 aromatic heterocycles. The van der Waals surface area contributed by atoms with Gasteiger partial charge >= 0.3 is 0 Å². The number of hydrogen-bond acceptors (Lipinski definition) is 7. The predicted molar refractivity (Wildman–Crippen MR) is 158 cm³/mol. The fourth-order valence-corrected chi connectivity index (χ4v) is 6.26. The van der Waals surface area contributed by atoms with E-state index in [9.17, 15) is 28.1 Å². The maximum atomic E-state index is 14.0. The monoisotopic (exact) mass is 628 g/mol. The van der Waals surface area contributed by atoms with E-state index in [1.807, 2.05) is 0 Å². The van der Waals surface area contributed by atoms with Crippen LogP contribution in [-0.4, -0.2) is 62.0 Å². The molecule has 0 saturated heterocycles. The Labute approximate surface area is 249 Å². The highest BCUT2D eigenvalue weighted by Crippen LogP contribution is 2.34. The number of ether oxygens (including phenoxy) is 1. The summed E-state index contributed by atoms with van der Waals surface area (Å²) in [4.78, 5) is 39.5. The predicted octanol–water partition coefficient (Wildman–Crippen LogP) is 4.93. The van der Waals surface area contributed by atoms with E-state index < -0.39 is 33.4 Å². The van der Waals surface area contributed by atoms with Crippen LogP contribution >= 0.6 is 23.2 Å². The van der Waals surface area contributed by atoms with E-state index in [0.717, 1.165) is 48.7 Å². The molecule has 1 atom stereocenters. The Morgan fingerprint density at radius 2 is 1.78 bits per heavy atom. The molecule has 3 rings (SSSR count). The first-order valence-electron chi connectivity index (χ1n) is 13.2. The number of benzene rings is 2. The molecule has 1 fully saturated rings. The average molecular weight is 630 g/mol. The van der Waals surface area contributed by atoms with Gasteiger partial charge in [-0.3, -0.25) is 24.0 Å². The van der Waals surface area contributed by atoms with Crippen LogP contribution in [0, 0.1) is 10.1 Å². The number of rotatable bonds is 12. The highest BCUT2D eigenvalue weighted by Gasteiger charge is 2.34. The summed E-state index contributed by atoms with van der Waals surface area (Å²) in [5.41, 5.74) is -0.181. The number of carbonyl (C=O) groups is 2. The molecule has 1 aliphatic carbocycles. The minimum absolute atomic E-state index is 0.0107. The average Bonchev–Trinajstić information content (AvgIpc) is 2.92. The van der Waals surface area contributed by atoms with Gasteiger partial charge < -0.3 is 15.0 Å². The van der Waals surface area contributed by atoms with E-state index in [1.54, 1.807) is 25.1 Å².